The van der Waals surface area contributed by atoms with Gasteiger partial charge in [-0.1, -0.05) is 6.07 Å². The Kier molecular flexibility index (Phi) is 5.96. The fourth-order valence-corrected chi connectivity index (χ4v) is 3.70. The van der Waals surface area contributed by atoms with Crippen LogP contribution in [0.5, 0.6) is 5.75 Å². The van der Waals surface area contributed by atoms with Gasteiger partial charge in [-0.25, -0.2) is 31.6 Å². The van der Waals surface area contributed by atoms with Crippen LogP contribution in [0.1, 0.15) is 24.4 Å². The number of nitrogens with zero attached hydrogens (tertiary/aromatic N) is 3. The lowest BCUT2D eigenvalue weighted by Crippen LogP contribution is -2.34. The number of hydrogen-bond acceptors (Lipinski definition) is 4. The predicted molar refractivity (Wildman–Crippen MR) is 108 cm³/mol. The first-order valence-corrected chi connectivity index (χ1v) is 10.1. The molecule has 2 atom stereocenters. The first-order valence-electron chi connectivity index (χ1n) is 10.1. The van der Waals surface area contributed by atoms with Crippen molar-refractivity contribution >= 4 is 0 Å². The van der Waals surface area contributed by atoms with Crippen molar-refractivity contribution in [2.45, 2.75) is 37.8 Å². The molecule has 2 aromatic carbocycles. The number of alkyl halides is 4. The number of aromatic nitrogens is 3. The van der Waals surface area contributed by atoms with Gasteiger partial charge in [0.1, 0.15) is 28.8 Å². The average molecular weight is 487 g/mol. The summed E-state index contributed by atoms with van der Waals surface area (Å²) in [6.07, 6.45) is -3.86. The summed E-state index contributed by atoms with van der Waals surface area (Å²) in [5.41, 5.74) is -1.36. The van der Waals surface area contributed by atoms with Gasteiger partial charge in [0.25, 0.3) is 0 Å². The maximum atomic E-state index is 14.4. The Balaban J connectivity index is 1.59. The Labute approximate surface area is 189 Å². The van der Waals surface area contributed by atoms with E-state index >= 15 is 0 Å². The van der Waals surface area contributed by atoms with Crippen LogP contribution in [0.15, 0.2) is 47.3 Å². The Hall–Kier alpha value is -3.28. The van der Waals surface area contributed by atoms with Gasteiger partial charge in [0, 0.05) is 11.6 Å². The number of rotatable bonds is 8. The molecule has 1 aliphatic rings. The Morgan fingerprint density at radius 3 is 2.38 bits per heavy atom. The van der Waals surface area contributed by atoms with E-state index in [2.05, 4.69) is 5.10 Å². The molecule has 34 heavy (non-hydrogen) atoms. The van der Waals surface area contributed by atoms with E-state index in [4.69, 9.17) is 9.47 Å². The van der Waals surface area contributed by atoms with Gasteiger partial charge in [0.2, 0.25) is 0 Å². The fraction of sp³-hybridized carbons (Fsp3) is 0.364. The van der Waals surface area contributed by atoms with Gasteiger partial charge in [-0.15, -0.1) is 0 Å². The standard InChI is InChI=1S/C22H19F6N3O3/c1-12(21(10-34-21)17-8-3-14(23)9-18(17)24)31-20(32)30(13(2)29-31)15-4-6-16(7-5-15)33-11-22(27,28)19(25)26/h3-9,12,19H,10-11H2,1-2H3/t12-,21-/m1/s1. The Morgan fingerprint density at radius 1 is 1.18 bits per heavy atom. The molecule has 182 valence electrons. The summed E-state index contributed by atoms with van der Waals surface area (Å²) in [5, 5.41) is 4.25. The van der Waals surface area contributed by atoms with Crippen LogP contribution in [0, 0.1) is 18.6 Å². The normalized spacial score (nSPS) is 18.9. The highest BCUT2D eigenvalue weighted by atomic mass is 19.3. The third-order valence-electron chi connectivity index (χ3n) is 5.69. The van der Waals surface area contributed by atoms with Gasteiger partial charge in [-0.05, 0) is 44.2 Å². The van der Waals surface area contributed by atoms with E-state index in [0.717, 1.165) is 16.8 Å². The molecule has 0 N–H and O–H groups in total. The van der Waals surface area contributed by atoms with E-state index in [-0.39, 0.29) is 23.7 Å². The lowest BCUT2D eigenvalue weighted by atomic mass is 9.92. The molecule has 0 amide bonds. The van der Waals surface area contributed by atoms with Crippen LogP contribution < -0.4 is 10.4 Å². The largest absolute Gasteiger partial charge is 0.487 e. The van der Waals surface area contributed by atoms with E-state index in [0.29, 0.717) is 5.69 Å². The van der Waals surface area contributed by atoms with Crippen molar-refractivity contribution in [3.8, 4) is 11.4 Å². The first-order chi connectivity index (χ1) is 16.0. The Bertz CT molecular complexity index is 1250. The lowest BCUT2D eigenvalue weighted by Gasteiger charge is -2.20. The van der Waals surface area contributed by atoms with E-state index in [1.807, 2.05) is 0 Å². The topological polar surface area (TPSA) is 61.6 Å². The summed E-state index contributed by atoms with van der Waals surface area (Å²) in [5.74, 6) is -5.67. The minimum atomic E-state index is -4.30. The zero-order valence-corrected chi connectivity index (χ0v) is 17.9. The van der Waals surface area contributed by atoms with Crippen molar-refractivity contribution in [2.24, 2.45) is 0 Å². The third-order valence-corrected chi connectivity index (χ3v) is 5.69. The number of ether oxygens (including phenoxy) is 2. The molecule has 4 rings (SSSR count). The number of hydrogen-bond donors (Lipinski definition) is 0. The average Bonchev–Trinajstić information content (AvgIpc) is 3.52. The molecule has 0 bridgehead atoms. The molecule has 1 fully saturated rings. The van der Waals surface area contributed by atoms with Crippen molar-refractivity contribution in [3.63, 3.8) is 0 Å². The van der Waals surface area contributed by atoms with E-state index in [1.165, 1.54) is 34.9 Å². The first kappa shape index (κ1) is 23.9. The SMILES string of the molecule is Cc1nn([C@H](C)[C@@]2(c3ccc(F)cc3F)CO2)c(=O)n1-c1ccc(OCC(F)(F)C(F)F)cc1. The molecule has 6 nitrogen and oxygen atoms in total. The predicted octanol–water partition coefficient (Wildman–Crippen LogP) is 4.39. The summed E-state index contributed by atoms with van der Waals surface area (Å²) in [7, 11) is 0. The van der Waals surface area contributed by atoms with Crippen molar-refractivity contribution in [2.75, 3.05) is 13.2 Å². The van der Waals surface area contributed by atoms with Crippen LogP contribution in [-0.4, -0.2) is 39.9 Å². The second-order valence-corrected chi connectivity index (χ2v) is 7.93. The highest BCUT2D eigenvalue weighted by molar-refractivity contribution is 5.38. The molecule has 1 aromatic heterocycles. The monoisotopic (exact) mass is 487 g/mol. The molecular formula is C22H19F6N3O3. The molecular weight excluding hydrogens is 468 g/mol. The van der Waals surface area contributed by atoms with Crippen LogP contribution in [-0.2, 0) is 10.3 Å². The highest BCUT2D eigenvalue weighted by Gasteiger charge is 2.54. The lowest BCUT2D eigenvalue weighted by molar-refractivity contribution is -0.148. The van der Waals surface area contributed by atoms with E-state index in [1.54, 1.807) is 13.8 Å². The summed E-state index contributed by atoms with van der Waals surface area (Å²) in [4.78, 5) is 13.1. The van der Waals surface area contributed by atoms with Crippen molar-refractivity contribution in [1.82, 2.24) is 14.3 Å². The van der Waals surface area contributed by atoms with E-state index in [9.17, 15) is 31.1 Å². The highest BCUT2D eigenvalue weighted by Crippen LogP contribution is 2.48. The molecule has 3 aromatic rings. The molecule has 0 radical (unpaired) electrons. The van der Waals surface area contributed by atoms with Gasteiger partial charge in [0.15, 0.2) is 6.61 Å². The molecule has 12 heteroatoms. The van der Waals surface area contributed by atoms with Gasteiger partial charge < -0.3 is 9.47 Å². The summed E-state index contributed by atoms with van der Waals surface area (Å²) < 4.78 is 91.0. The fourth-order valence-electron chi connectivity index (χ4n) is 3.70. The Morgan fingerprint density at radius 2 is 1.82 bits per heavy atom. The second-order valence-electron chi connectivity index (χ2n) is 7.93. The maximum Gasteiger partial charge on any atom is 0.350 e. The molecule has 0 aliphatic carbocycles. The van der Waals surface area contributed by atoms with E-state index < -0.39 is 47.9 Å². The van der Waals surface area contributed by atoms with Gasteiger partial charge >= 0.3 is 18.0 Å². The summed E-state index contributed by atoms with van der Waals surface area (Å²) in [6, 6.07) is 7.61. The minimum Gasteiger partial charge on any atom is -0.487 e. The quantitative estimate of drug-likeness (QED) is 0.350. The third kappa shape index (κ3) is 4.17. The van der Waals surface area contributed by atoms with Gasteiger partial charge in [0.05, 0.1) is 18.3 Å². The van der Waals surface area contributed by atoms with Crippen LogP contribution in [0.4, 0.5) is 26.3 Å². The molecule has 2 heterocycles. The number of aryl methyl sites for hydroxylation is 1. The van der Waals surface area contributed by atoms with Crippen LogP contribution in [0.2, 0.25) is 0 Å². The zero-order valence-electron chi connectivity index (χ0n) is 17.9. The number of epoxide rings is 1. The molecule has 0 unspecified atom stereocenters. The molecule has 0 saturated carbocycles. The maximum absolute atomic E-state index is 14.4. The van der Waals surface area contributed by atoms with Crippen LogP contribution in [0.25, 0.3) is 5.69 Å². The number of halogens is 6. The van der Waals surface area contributed by atoms with Gasteiger partial charge in [-0.3, -0.25) is 0 Å². The van der Waals surface area contributed by atoms with Crippen LogP contribution in [0.3, 0.4) is 0 Å². The summed E-state index contributed by atoms with van der Waals surface area (Å²) >= 11 is 0. The smallest absolute Gasteiger partial charge is 0.350 e. The van der Waals surface area contributed by atoms with Crippen molar-refractivity contribution in [3.05, 3.63) is 76.0 Å². The van der Waals surface area contributed by atoms with Crippen molar-refractivity contribution < 1.29 is 35.8 Å². The molecule has 1 saturated heterocycles. The van der Waals surface area contributed by atoms with Crippen LogP contribution >= 0.6 is 0 Å². The number of benzene rings is 2. The van der Waals surface area contributed by atoms with Gasteiger partial charge in [-0.2, -0.15) is 13.9 Å². The second kappa shape index (κ2) is 8.49. The minimum absolute atomic E-state index is 0.0901. The zero-order chi connectivity index (χ0) is 24.8. The summed E-state index contributed by atoms with van der Waals surface area (Å²) in [6.45, 7) is 1.77. The molecule has 1 aliphatic heterocycles. The molecule has 0 spiro atoms. The van der Waals surface area contributed by atoms with Crippen molar-refractivity contribution in [1.29, 1.82) is 0 Å².